The lowest BCUT2D eigenvalue weighted by atomic mass is 10.2. The number of carbonyl (C=O) groups excluding carboxylic acids is 1. The van der Waals surface area contributed by atoms with E-state index in [-0.39, 0.29) is 5.91 Å². The molecule has 0 saturated carbocycles. The number of likely N-dealkylation sites (tertiary alicyclic amines) is 1. The zero-order chi connectivity index (χ0) is 16.5. The largest absolute Gasteiger partial charge is 0.497 e. The van der Waals surface area contributed by atoms with Crippen LogP contribution in [0.1, 0.15) is 6.42 Å². The van der Waals surface area contributed by atoms with Gasteiger partial charge >= 0.3 is 0 Å². The van der Waals surface area contributed by atoms with Crippen molar-refractivity contribution in [1.82, 2.24) is 15.1 Å². The smallest absolute Gasteiger partial charge is 0.236 e. The quantitative estimate of drug-likeness (QED) is 0.865. The molecule has 3 saturated heterocycles. The Hall–Kier alpha value is -1.79. The predicted molar refractivity (Wildman–Crippen MR) is 93.6 cm³/mol. The van der Waals surface area contributed by atoms with E-state index in [1.54, 1.807) is 7.11 Å². The molecule has 2 bridgehead atoms. The summed E-state index contributed by atoms with van der Waals surface area (Å²) in [5.74, 6) is 1.17. The van der Waals surface area contributed by atoms with Crippen molar-refractivity contribution >= 4 is 11.6 Å². The Morgan fingerprint density at radius 1 is 1.21 bits per heavy atom. The first-order chi connectivity index (χ1) is 11.7. The van der Waals surface area contributed by atoms with Crippen molar-refractivity contribution in [2.75, 3.05) is 57.8 Å². The van der Waals surface area contributed by atoms with Gasteiger partial charge in [-0.2, -0.15) is 0 Å². The van der Waals surface area contributed by atoms with Gasteiger partial charge in [0.25, 0.3) is 0 Å². The van der Waals surface area contributed by atoms with Crippen molar-refractivity contribution in [3.05, 3.63) is 24.3 Å². The molecule has 3 aliphatic heterocycles. The van der Waals surface area contributed by atoms with Crippen molar-refractivity contribution in [3.8, 4) is 5.75 Å². The van der Waals surface area contributed by atoms with Crippen molar-refractivity contribution in [2.45, 2.75) is 18.5 Å². The van der Waals surface area contributed by atoms with Crippen LogP contribution in [0.4, 0.5) is 5.69 Å². The van der Waals surface area contributed by atoms with E-state index < -0.39 is 0 Å². The van der Waals surface area contributed by atoms with E-state index in [1.807, 2.05) is 17.0 Å². The van der Waals surface area contributed by atoms with Crippen LogP contribution in [0.2, 0.25) is 0 Å². The molecule has 3 heterocycles. The summed E-state index contributed by atoms with van der Waals surface area (Å²) in [6.45, 7) is 6.07. The Labute approximate surface area is 143 Å². The number of nitrogens with zero attached hydrogens (tertiary/aromatic N) is 3. The Morgan fingerprint density at radius 3 is 2.54 bits per heavy atom. The van der Waals surface area contributed by atoms with E-state index in [9.17, 15) is 4.79 Å². The van der Waals surface area contributed by atoms with Crippen LogP contribution in [-0.4, -0.2) is 80.7 Å². The number of carbonyl (C=O) groups is 1. The van der Waals surface area contributed by atoms with Gasteiger partial charge in [0.1, 0.15) is 5.75 Å². The Bertz CT molecular complexity index is 583. The van der Waals surface area contributed by atoms with Crippen LogP contribution < -0.4 is 15.0 Å². The number of methoxy groups -OCH3 is 1. The first kappa shape index (κ1) is 15.7. The number of ether oxygens (including phenoxy) is 1. The molecule has 130 valence electrons. The summed E-state index contributed by atoms with van der Waals surface area (Å²) < 4.78 is 5.21. The summed E-state index contributed by atoms with van der Waals surface area (Å²) in [5.41, 5.74) is 1.20. The standard InChI is InChI=1S/C18H26N4O2/c1-24-17-4-2-15(3-5-17)20-6-8-21(9-7-20)18(23)13-22-12-14-10-16(22)11-19-14/h2-5,14,16,19H,6-13H2,1H3/t14-,16-/m0/s1. The van der Waals surface area contributed by atoms with Gasteiger partial charge in [-0.05, 0) is 30.7 Å². The molecule has 0 aromatic heterocycles. The highest BCUT2D eigenvalue weighted by atomic mass is 16.5. The summed E-state index contributed by atoms with van der Waals surface area (Å²) in [7, 11) is 1.68. The number of fused-ring (bicyclic) bond motifs is 2. The molecule has 3 fully saturated rings. The number of rotatable bonds is 4. The summed E-state index contributed by atoms with van der Waals surface area (Å²) in [4.78, 5) is 19.3. The van der Waals surface area contributed by atoms with Gasteiger partial charge in [0, 0.05) is 57.0 Å². The minimum atomic E-state index is 0.289. The van der Waals surface area contributed by atoms with Crippen molar-refractivity contribution in [2.24, 2.45) is 0 Å². The van der Waals surface area contributed by atoms with E-state index in [1.165, 1.54) is 12.1 Å². The maximum Gasteiger partial charge on any atom is 0.236 e. The molecule has 24 heavy (non-hydrogen) atoms. The predicted octanol–water partition coefficient (Wildman–Crippen LogP) is 0.390. The summed E-state index contributed by atoms with van der Waals surface area (Å²) in [6.07, 6.45) is 1.21. The molecule has 1 aromatic rings. The molecule has 1 aromatic carbocycles. The van der Waals surface area contributed by atoms with Crippen molar-refractivity contribution in [1.29, 1.82) is 0 Å². The van der Waals surface area contributed by atoms with E-state index in [0.717, 1.165) is 45.0 Å². The molecule has 1 N–H and O–H groups in total. The van der Waals surface area contributed by atoms with Crippen LogP contribution in [0.5, 0.6) is 5.75 Å². The highest BCUT2D eigenvalue weighted by Crippen LogP contribution is 2.23. The Kier molecular flexibility index (Phi) is 4.33. The average molecular weight is 330 g/mol. The number of piperazine rings is 2. The molecular formula is C18H26N4O2. The van der Waals surface area contributed by atoms with Gasteiger partial charge in [0.05, 0.1) is 13.7 Å². The summed E-state index contributed by atoms with van der Waals surface area (Å²) >= 11 is 0. The number of benzene rings is 1. The third-order valence-corrected chi connectivity index (χ3v) is 5.58. The lowest BCUT2D eigenvalue weighted by molar-refractivity contribution is -0.133. The lowest BCUT2D eigenvalue weighted by Gasteiger charge is -2.37. The molecule has 6 nitrogen and oxygen atoms in total. The van der Waals surface area contributed by atoms with Crippen LogP contribution in [0.25, 0.3) is 0 Å². The van der Waals surface area contributed by atoms with Gasteiger partial charge in [-0.1, -0.05) is 0 Å². The molecule has 0 aliphatic carbocycles. The summed E-state index contributed by atoms with van der Waals surface area (Å²) in [6, 6.07) is 9.33. The van der Waals surface area contributed by atoms with E-state index in [0.29, 0.717) is 18.6 Å². The number of anilines is 1. The van der Waals surface area contributed by atoms with Crippen LogP contribution >= 0.6 is 0 Å². The second kappa shape index (κ2) is 6.61. The molecular weight excluding hydrogens is 304 g/mol. The molecule has 0 radical (unpaired) electrons. The first-order valence-electron chi connectivity index (χ1n) is 8.87. The maximum atomic E-state index is 12.6. The normalized spacial score (nSPS) is 26.9. The van der Waals surface area contributed by atoms with Gasteiger partial charge in [-0.25, -0.2) is 0 Å². The van der Waals surface area contributed by atoms with Gasteiger partial charge in [-0.3, -0.25) is 9.69 Å². The first-order valence-corrected chi connectivity index (χ1v) is 8.87. The van der Waals surface area contributed by atoms with Gasteiger partial charge < -0.3 is 19.9 Å². The van der Waals surface area contributed by atoms with Crippen LogP contribution in [0.3, 0.4) is 0 Å². The SMILES string of the molecule is COc1ccc(N2CCN(C(=O)CN3C[C@@H]4C[C@H]3CN4)CC2)cc1. The molecule has 0 spiro atoms. The van der Waals surface area contributed by atoms with Crippen molar-refractivity contribution < 1.29 is 9.53 Å². The highest BCUT2D eigenvalue weighted by molar-refractivity contribution is 5.78. The van der Waals surface area contributed by atoms with Gasteiger partial charge in [0.15, 0.2) is 0 Å². The topological polar surface area (TPSA) is 48.1 Å². The number of hydrogen-bond acceptors (Lipinski definition) is 5. The Morgan fingerprint density at radius 2 is 1.96 bits per heavy atom. The third-order valence-electron chi connectivity index (χ3n) is 5.58. The van der Waals surface area contributed by atoms with Crippen LogP contribution in [-0.2, 0) is 4.79 Å². The fraction of sp³-hybridized carbons (Fsp3) is 0.611. The fourth-order valence-corrected chi connectivity index (χ4v) is 4.12. The minimum absolute atomic E-state index is 0.289. The second-order valence-electron chi connectivity index (χ2n) is 6.99. The third kappa shape index (κ3) is 3.08. The molecule has 6 heteroatoms. The molecule has 4 rings (SSSR count). The fourth-order valence-electron chi connectivity index (χ4n) is 4.12. The average Bonchev–Trinajstić information content (AvgIpc) is 3.25. The van der Waals surface area contributed by atoms with Gasteiger partial charge in [-0.15, -0.1) is 0 Å². The van der Waals surface area contributed by atoms with E-state index >= 15 is 0 Å². The Balaban J connectivity index is 1.28. The van der Waals surface area contributed by atoms with Crippen molar-refractivity contribution in [3.63, 3.8) is 0 Å². The summed E-state index contributed by atoms with van der Waals surface area (Å²) in [5, 5.41) is 3.49. The number of amides is 1. The molecule has 1 amide bonds. The second-order valence-corrected chi connectivity index (χ2v) is 6.99. The number of hydrogen-bond donors (Lipinski definition) is 1. The molecule has 0 unspecified atom stereocenters. The van der Waals surface area contributed by atoms with E-state index in [2.05, 4.69) is 27.2 Å². The minimum Gasteiger partial charge on any atom is -0.497 e. The zero-order valence-electron chi connectivity index (χ0n) is 14.3. The lowest BCUT2D eigenvalue weighted by Crippen LogP contribution is -2.53. The monoisotopic (exact) mass is 330 g/mol. The highest BCUT2D eigenvalue weighted by Gasteiger charge is 2.38. The maximum absolute atomic E-state index is 12.6. The zero-order valence-corrected chi connectivity index (χ0v) is 14.3. The van der Waals surface area contributed by atoms with Crippen LogP contribution in [0, 0.1) is 0 Å². The van der Waals surface area contributed by atoms with Gasteiger partial charge in [0.2, 0.25) is 5.91 Å². The molecule has 2 atom stereocenters. The molecule has 3 aliphatic rings. The number of nitrogens with one attached hydrogen (secondary N) is 1. The van der Waals surface area contributed by atoms with E-state index in [4.69, 9.17) is 4.74 Å². The van der Waals surface area contributed by atoms with Crippen LogP contribution in [0.15, 0.2) is 24.3 Å².